The third-order valence-electron chi connectivity index (χ3n) is 1.43. The molecule has 0 aromatic heterocycles. The fraction of sp³-hybridized carbons (Fsp3) is 1.00. The third-order valence-corrected chi connectivity index (χ3v) is 9.61. The molecule has 0 amide bonds. The molecule has 0 N–H and O–H groups in total. The second kappa shape index (κ2) is 4.57. The Labute approximate surface area is 72.6 Å². The topological polar surface area (TPSA) is 6.48 Å². The average molecular weight is 250 g/mol. The Morgan fingerprint density at radius 1 is 0.900 bits per heavy atom. The summed E-state index contributed by atoms with van der Waals surface area (Å²) in [6.07, 6.45) is 0. The van der Waals surface area contributed by atoms with Gasteiger partial charge in [0.05, 0.1) is 0 Å². The molecule has 0 saturated carbocycles. The molecule has 0 rings (SSSR count). The molecule has 61 valence electrons. The monoisotopic (exact) mass is 251 g/mol. The van der Waals surface area contributed by atoms with Crippen LogP contribution in [0.1, 0.15) is 13.8 Å². The van der Waals surface area contributed by atoms with Gasteiger partial charge in [-0.15, -0.1) is 0 Å². The molecule has 0 aliphatic carbocycles. The molecule has 0 aromatic rings. The van der Waals surface area contributed by atoms with Crippen molar-refractivity contribution < 1.29 is 0 Å². The molecule has 0 aromatic carbocycles. The first kappa shape index (κ1) is 10.7. The van der Waals surface area contributed by atoms with Gasteiger partial charge in [0.25, 0.3) is 0 Å². The second-order valence-electron chi connectivity index (χ2n) is 3.30. The SMILES string of the molecule is C[CH](C)[Sn]([N](C)C)[N](C)C. The first-order chi connectivity index (χ1) is 4.46. The zero-order chi connectivity index (χ0) is 8.31. The summed E-state index contributed by atoms with van der Waals surface area (Å²) in [6.45, 7) is 4.66. The Balaban J connectivity index is 3.98. The standard InChI is InChI=1S/C3H7.2C2H6N.Sn/c3*1-3-2;/h3H,1-2H3;2*1-2H3;/q;2*-1;+2. The van der Waals surface area contributed by atoms with Crippen molar-refractivity contribution in [3.8, 4) is 0 Å². The van der Waals surface area contributed by atoms with Crippen molar-refractivity contribution in [1.29, 1.82) is 0 Å². The molecule has 0 aliphatic rings. The number of hydrogen-bond donors (Lipinski definition) is 0. The summed E-state index contributed by atoms with van der Waals surface area (Å²) in [6, 6.07) is 0. The van der Waals surface area contributed by atoms with Crippen LogP contribution in [0.5, 0.6) is 0 Å². The van der Waals surface area contributed by atoms with Crippen molar-refractivity contribution in [3.05, 3.63) is 0 Å². The van der Waals surface area contributed by atoms with Gasteiger partial charge in [-0.05, 0) is 0 Å². The number of hydrogen-bond acceptors (Lipinski definition) is 2. The summed E-state index contributed by atoms with van der Waals surface area (Å²) in [7, 11) is 8.81. The van der Waals surface area contributed by atoms with Gasteiger partial charge in [-0.1, -0.05) is 0 Å². The van der Waals surface area contributed by atoms with E-state index in [1.54, 1.807) is 0 Å². The van der Waals surface area contributed by atoms with Crippen molar-refractivity contribution in [1.82, 2.24) is 6.24 Å². The minimum atomic E-state index is -1.35. The molecule has 0 spiro atoms. The van der Waals surface area contributed by atoms with Gasteiger partial charge in [0, 0.05) is 0 Å². The van der Waals surface area contributed by atoms with Crippen LogP contribution in [0.2, 0.25) is 3.93 Å². The predicted molar refractivity (Wildman–Crippen MR) is 48.2 cm³/mol. The summed E-state index contributed by atoms with van der Waals surface area (Å²) in [4.78, 5) is 0. The van der Waals surface area contributed by atoms with Crippen LogP contribution in [0.15, 0.2) is 0 Å². The van der Waals surface area contributed by atoms with E-state index in [1.807, 2.05) is 0 Å². The van der Waals surface area contributed by atoms with Crippen molar-refractivity contribution in [3.63, 3.8) is 0 Å². The maximum absolute atomic E-state index is 2.44. The molecule has 10 heavy (non-hydrogen) atoms. The molecular formula is C7H19N2Sn. The minimum absolute atomic E-state index is 0.882. The first-order valence-corrected chi connectivity index (χ1v) is 7.88. The summed E-state index contributed by atoms with van der Waals surface area (Å²) in [5, 5.41) is 0. The summed E-state index contributed by atoms with van der Waals surface area (Å²) < 4.78 is 5.76. The normalized spacial score (nSPS) is 12.6. The van der Waals surface area contributed by atoms with Gasteiger partial charge in [-0.25, -0.2) is 0 Å². The molecule has 0 atom stereocenters. The molecule has 0 aliphatic heterocycles. The Bertz CT molecular complexity index is 72.6. The van der Waals surface area contributed by atoms with Crippen LogP contribution < -0.4 is 0 Å². The Hall–Kier alpha value is 0.719. The van der Waals surface area contributed by atoms with Crippen LogP contribution >= 0.6 is 0 Å². The van der Waals surface area contributed by atoms with Crippen LogP contribution in [0.3, 0.4) is 0 Å². The summed E-state index contributed by atoms with van der Waals surface area (Å²) >= 11 is -1.35. The Morgan fingerprint density at radius 3 is 1.20 bits per heavy atom. The van der Waals surface area contributed by atoms with Gasteiger partial charge in [0.15, 0.2) is 0 Å². The molecular weight excluding hydrogens is 231 g/mol. The van der Waals surface area contributed by atoms with Gasteiger partial charge in [0.2, 0.25) is 0 Å². The van der Waals surface area contributed by atoms with E-state index in [0.29, 0.717) is 0 Å². The van der Waals surface area contributed by atoms with E-state index >= 15 is 0 Å². The van der Waals surface area contributed by atoms with Crippen LogP contribution in [0, 0.1) is 0 Å². The fourth-order valence-electron chi connectivity index (χ4n) is 1.43. The van der Waals surface area contributed by atoms with Crippen LogP contribution in [-0.4, -0.2) is 54.7 Å². The second-order valence-corrected chi connectivity index (χ2v) is 13.7. The van der Waals surface area contributed by atoms with Crippen LogP contribution in [-0.2, 0) is 0 Å². The van der Waals surface area contributed by atoms with E-state index < -0.39 is 20.3 Å². The van der Waals surface area contributed by atoms with Gasteiger partial charge < -0.3 is 0 Å². The van der Waals surface area contributed by atoms with Crippen molar-refractivity contribution in [2.24, 2.45) is 0 Å². The molecule has 3 heteroatoms. The van der Waals surface area contributed by atoms with E-state index in [1.165, 1.54) is 0 Å². The van der Waals surface area contributed by atoms with E-state index in [2.05, 4.69) is 48.3 Å². The van der Waals surface area contributed by atoms with Crippen molar-refractivity contribution in [2.45, 2.75) is 17.8 Å². The fourth-order valence-corrected chi connectivity index (χ4v) is 9.61. The molecule has 0 saturated heterocycles. The van der Waals surface area contributed by atoms with Crippen LogP contribution in [0.4, 0.5) is 0 Å². The quantitative estimate of drug-likeness (QED) is 0.689. The summed E-state index contributed by atoms with van der Waals surface area (Å²) in [5.74, 6) is 0. The van der Waals surface area contributed by atoms with Gasteiger partial charge in [-0.3, -0.25) is 0 Å². The number of nitrogens with zero attached hydrogens (tertiary/aromatic N) is 2. The maximum atomic E-state index is 2.44. The van der Waals surface area contributed by atoms with Gasteiger partial charge in [-0.2, -0.15) is 0 Å². The zero-order valence-electron chi connectivity index (χ0n) is 7.97. The predicted octanol–water partition coefficient (Wildman–Crippen LogP) is 1.01. The van der Waals surface area contributed by atoms with E-state index in [-0.39, 0.29) is 0 Å². The Kier molecular flexibility index (Phi) is 4.90. The summed E-state index contributed by atoms with van der Waals surface area (Å²) in [5.41, 5.74) is 0. The van der Waals surface area contributed by atoms with E-state index in [0.717, 1.165) is 3.93 Å². The number of rotatable bonds is 3. The zero-order valence-corrected chi connectivity index (χ0v) is 10.8. The average Bonchev–Trinajstić information content (AvgIpc) is 1.59. The molecule has 0 fully saturated rings. The Morgan fingerprint density at radius 2 is 1.20 bits per heavy atom. The van der Waals surface area contributed by atoms with Crippen LogP contribution in [0.25, 0.3) is 0 Å². The van der Waals surface area contributed by atoms with Gasteiger partial charge in [0.1, 0.15) is 0 Å². The van der Waals surface area contributed by atoms with E-state index in [9.17, 15) is 0 Å². The molecule has 0 unspecified atom stereocenters. The molecule has 0 heterocycles. The van der Waals surface area contributed by atoms with Crippen molar-refractivity contribution >= 4 is 20.3 Å². The van der Waals surface area contributed by atoms with E-state index in [4.69, 9.17) is 0 Å². The molecule has 1 radical (unpaired) electrons. The van der Waals surface area contributed by atoms with Gasteiger partial charge >= 0.3 is 72.5 Å². The third kappa shape index (κ3) is 3.21. The molecule has 2 nitrogen and oxygen atoms in total. The van der Waals surface area contributed by atoms with Crippen molar-refractivity contribution in [2.75, 3.05) is 28.2 Å². The molecule has 0 bridgehead atoms. The first-order valence-electron chi connectivity index (χ1n) is 3.68.